The maximum absolute atomic E-state index is 4.30. The van der Waals surface area contributed by atoms with Gasteiger partial charge >= 0.3 is 0 Å². The molecule has 0 saturated carbocycles. The molecule has 1 heterocycles. The van der Waals surface area contributed by atoms with Crippen molar-refractivity contribution in [3.8, 4) is 0 Å². The Morgan fingerprint density at radius 3 is 2.76 bits per heavy atom. The lowest BCUT2D eigenvalue weighted by atomic mass is 9.95. The molecule has 0 bridgehead atoms. The van der Waals surface area contributed by atoms with Crippen molar-refractivity contribution >= 4 is 15.9 Å². The number of hydrogen-bond acceptors (Lipinski definition) is 4. The molecular weight excluding hydrogens is 330 g/mol. The molecule has 0 saturated heterocycles. The van der Waals surface area contributed by atoms with Crippen LogP contribution in [0, 0.1) is 5.92 Å². The highest BCUT2D eigenvalue weighted by atomic mass is 79.9. The maximum Gasteiger partial charge on any atom is 0.175 e. The fourth-order valence-electron chi connectivity index (χ4n) is 2.34. The van der Waals surface area contributed by atoms with E-state index in [4.69, 9.17) is 0 Å². The molecule has 0 fully saturated rings. The van der Waals surface area contributed by atoms with E-state index in [1.54, 1.807) is 7.05 Å². The number of aromatic nitrogens is 4. The number of aryl methyl sites for hydroxylation is 1. The highest BCUT2D eigenvalue weighted by molar-refractivity contribution is 9.10. The van der Waals surface area contributed by atoms with Gasteiger partial charge in [-0.2, -0.15) is 4.80 Å². The molecule has 1 N–H and O–H groups in total. The van der Waals surface area contributed by atoms with E-state index in [0.29, 0.717) is 5.92 Å². The molecule has 2 rings (SSSR count). The van der Waals surface area contributed by atoms with E-state index in [2.05, 4.69) is 61.8 Å². The van der Waals surface area contributed by atoms with Crippen molar-refractivity contribution in [2.45, 2.75) is 26.2 Å². The number of tetrazole rings is 1. The molecule has 0 amide bonds. The van der Waals surface area contributed by atoms with Gasteiger partial charge in [-0.25, -0.2) is 0 Å². The minimum atomic E-state index is 0.458. The summed E-state index contributed by atoms with van der Waals surface area (Å²) >= 11 is 3.63. The van der Waals surface area contributed by atoms with Crippen LogP contribution in [0.4, 0.5) is 0 Å². The van der Waals surface area contributed by atoms with Gasteiger partial charge in [0.25, 0.3) is 0 Å². The third-order valence-corrected chi connectivity index (χ3v) is 4.12. The van der Waals surface area contributed by atoms with Crippen molar-refractivity contribution in [3.05, 3.63) is 40.1 Å². The van der Waals surface area contributed by atoms with Gasteiger partial charge in [0.2, 0.25) is 0 Å². The van der Waals surface area contributed by atoms with Crippen LogP contribution in [0.3, 0.4) is 0 Å². The predicted octanol–water partition coefficient (Wildman–Crippen LogP) is 2.37. The van der Waals surface area contributed by atoms with Crippen LogP contribution in [-0.2, 0) is 19.9 Å². The quantitative estimate of drug-likeness (QED) is 0.741. The Morgan fingerprint density at radius 1 is 1.29 bits per heavy atom. The third-order valence-electron chi connectivity index (χ3n) is 3.35. The van der Waals surface area contributed by atoms with Crippen LogP contribution in [0.15, 0.2) is 28.7 Å². The van der Waals surface area contributed by atoms with Crippen molar-refractivity contribution < 1.29 is 0 Å². The van der Waals surface area contributed by atoms with Crippen LogP contribution in [0.2, 0.25) is 0 Å². The molecule has 0 spiro atoms. The molecule has 1 unspecified atom stereocenters. The van der Waals surface area contributed by atoms with Crippen LogP contribution in [-0.4, -0.2) is 33.3 Å². The second-order valence-corrected chi connectivity index (χ2v) is 6.12. The lowest BCUT2D eigenvalue weighted by Crippen LogP contribution is -2.27. The normalized spacial score (nSPS) is 12.5. The molecule has 0 aliphatic heterocycles. The molecule has 1 aromatic carbocycles. The van der Waals surface area contributed by atoms with E-state index in [9.17, 15) is 0 Å². The largest absolute Gasteiger partial charge is 0.316 e. The Hall–Kier alpha value is -1.27. The van der Waals surface area contributed by atoms with Crippen LogP contribution in [0.5, 0.6) is 0 Å². The van der Waals surface area contributed by atoms with Crippen molar-refractivity contribution in [2.75, 3.05) is 13.1 Å². The summed E-state index contributed by atoms with van der Waals surface area (Å²) < 4.78 is 1.16. The van der Waals surface area contributed by atoms with Crippen molar-refractivity contribution in [3.63, 3.8) is 0 Å². The molecule has 2 aromatic rings. The Bertz CT molecular complexity index is 555. The van der Waals surface area contributed by atoms with E-state index in [-0.39, 0.29) is 0 Å². The third kappa shape index (κ3) is 5.21. The average Bonchev–Trinajstić information content (AvgIpc) is 2.87. The molecule has 5 nitrogen and oxygen atoms in total. The Balaban J connectivity index is 2.02. The number of halogens is 1. The van der Waals surface area contributed by atoms with E-state index < -0.39 is 0 Å². The second-order valence-electron chi connectivity index (χ2n) is 5.26. The van der Waals surface area contributed by atoms with Crippen LogP contribution < -0.4 is 5.32 Å². The van der Waals surface area contributed by atoms with Gasteiger partial charge in [-0.1, -0.05) is 41.1 Å². The number of nitrogens with zero attached hydrogens (tertiary/aromatic N) is 4. The van der Waals surface area contributed by atoms with Gasteiger partial charge in [0.05, 0.1) is 7.05 Å². The van der Waals surface area contributed by atoms with Gasteiger partial charge in [0.15, 0.2) is 5.82 Å². The average molecular weight is 352 g/mol. The number of hydrogen-bond donors (Lipinski definition) is 1. The van der Waals surface area contributed by atoms with E-state index in [1.807, 2.05) is 6.07 Å². The van der Waals surface area contributed by atoms with Crippen LogP contribution in [0.1, 0.15) is 24.7 Å². The second kappa shape index (κ2) is 8.24. The van der Waals surface area contributed by atoms with E-state index in [0.717, 1.165) is 42.6 Å². The zero-order chi connectivity index (χ0) is 15.1. The summed E-state index contributed by atoms with van der Waals surface area (Å²) in [4.78, 5) is 1.52. The van der Waals surface area contributed by atoms with Crippen molar-refractivity contribution in [1.82, 2.24) is 25.5 Å². The zero-order valence-corrected chi connectivity index (χ0v) is 14.2. The molecule has 0 radical (unpaired) electrons. The Labute approximate surface area is 134 Å². The lowest BCUT2D eigenvalue weighted by Gasteiger charge is -2.17. The van der Waals surface area contributed by atoms with Gasteiger partial charge in [0.1, 0.15) is 0 Å². The summed E-state index contributed by atoms with van der Waals surface area (Å²) in [6, 6.07) is 8.38. The smallest absolute Gasteiger partial charge is 0.175 e. The number of nitrogens with one attached hydrogen (secondary N) is 1. The molecule has 6 heteroatoms. The van der Waals surface area contributed by atoms with E-state index >= 15 is 0 Å². The first-order chi connectivity index (χ1) is 10.2. The molecule has 0 aliphatic rings. The molecule has 114 valence electrons. The summed E-state index contributed by atoms with van der Waals surface area (Å²) in [6.45, 7) is 4.19. The Kier molecular flexibility index (Phi) is 6.32. The van der Waals surface area contributed by atoms with Crippen LogP contribution in [0.25, 0.3) is 0 Å². The first-order valence-corrected chi connectivity index (χ1v) is 8.15. The minimum Gasteiger partial charge on any atom is -0.316 e. The first-order valence-electron chi connectivity index (χ1n) is 7.36. The summed E-state index contributed by atoms with van der Waals surface area (Å²) in [5.74, 6) is 1.27. The van der Waals surface area contributed by atoms with Gasteiger partial charge in [0, 0.05) is 10.9 Å². The molecule has 0 aliphatic carbocycles. The highest BCUT2D eigenvalue weighted by Crippen LogP contribution is 2.20. The number of benzene rings is 1. The lowest BCUT2D eigenvalue weighted by molar-refractivity contribution is 0.460. The minimum absolute atomic E-state index is 0.458. The van der Waals surface area contributed by atoms with Crippen molar-refractivity contribution in [2.24, 2.45) is 13.0 Å². The fraction of sp³-hybridized carbons (Fsp3) is 0.533. The maximum atomic E-state index is 4.30. The Morgan fingerprint density at radius 2 is 2.10 bits per heavy atom. The first kappa shape index (κ1) is 16.1. The van der Waals surface area contributed by atoms with Gasteiger partial charge < -0.3 is 5.32 Å². The van der Waals surface area contributed by atoms with Gasteiger partial charge in [-0.05, 0) is 48.7 Å². The monoisotopic (exact) mass is 351 g/mol. The topological polar surface area (TPSA) is 55.6 Å². The highest BCUT2D eigenvalue weighted by Gasteiger charge is 2.15. The predicted molar refractivity (Wildman–Crippen MR) is 87.0 cm³/mol. The summed E-state index contributed by atoms with van der Waals surface area (Å²) in [6.07, 6.45) is 2.98. The number of rotatable bonds is 8. The molecule has 1 atom stereocenters. The standard InChI is InChI=1S/C15H22BrN5/c1-3-8-17-11-12(10-15-18-20-21(2)19-15)9-13-6-4-5-7-14(13)16/h4-7,12,17H,3,8-11H2,1-2H3. The zero-order valence-electron chi connectivity index (χ0n) is 12.6. The van der Waals surface area contributed by atoms with E-state index in [1.165, 1.54) is 10.4 Å². The molecule has 21 heavy (non-hydrogen) atoms. The summed E-state index contributed by atoms with van der Waals surface area (Å²) in [7, 11) is 1.80. The summed E-state index contributed by atoms with van der Waals surface area (Å²) in [5.41, 5.74) is 1.32. The van der Waals surface area contributed by atoms with Gasteiger partial charge in [-0.15, -0.1) is 10.2 Å². The molecule has 1 aromatic heterocycles. The van der Waals surface area contributed by atoms with Crippen LogP contribution >= 0.6 is 15.9 Å². The summed E-state index contributed by atoms with van der Waals surface area (Å²) in [5, 5.41) is 15.8. The fourth-order valence-corrected chi connectivity index (χ4v) is 2.78. The van der Waals surface area contributed by atoms with Gasteiger partial charge in [-0.3, -0.25) is 0 Å². The molecular formula is C15H22BrN5. The SMILES string of the molecule is CCCNCC(Cc1nnn(C)n1)Cc1ccccc1Br. The van der Waals surface area contributed by atoms with Crippen molar-refractivity contribution in [1.29, 1.82) is 0 Å².